The summed E-state index contributed by atoms with van der Waals surface area (Å²) in [7, 11) is 2.00. The van der Waals surface area contributed by atoms with Crippen molar-refractivity contribution in [2.24, 2.45) is 5.92 Å². The molecule has 0 aromatic carbocycles. The molecule has 1 aliphatic heterocycles. The van der Waals surface area contributed by atoms with E-state index in [-0.39, 0.29) is 0 Å². The fraction of sp³-hybridized carbons (Fsp3) is 1.00. The first kappa shape index (κ1) is 11.0. The molecule has 3 nitrogen and oxygen atoms in total. The Labute approximate surface area is 81.1 Å². The molecule has 0 bridgehead atoms. The van der Waals surface area contributed by atoms with E-state index in [1.54, 1.807) is 0 Å². The zero-order valence-corrected chi connectivity index (χ0v) is 8.63. The Morgan fingerprint density at radius 1 is 1.54 bits per heavy atom. The number of hydrogen-bond acceptors (Lipinski definition) is 3. The van der Waals surface area contributed by atoms with Crippen LogP contribution in [-0.2, 0) is 0 Å². The summed E-state index contributed by atoms with van der Waals surface area (Å²) in [4.78, 5) is 2.50. The lowest BCUT2D eigenvalue weighted by atomic mass is 9.95. The number of hydrogen-bond donors (Lipinski definition) is 2. The predicted octanol–water partition coefficient (Wildman–Crippen LogP) is 0.300. The molecule has 0 amide bonds. The van der Waals surface area contributed by atoms with Gasteiger partial charge in [0.1, 0.15) is 0 Å². The molecule has 0 aromatic rings. The van der Waals surface area contributed by atoms with Crippen molar-refractivity contribution < 1.29 is 5.11 Å². The highest BCUT2D eigenvalue weighted by molar-refractivity contribution is 4.72. The lowest BCUT2D eigenvalue weighted by molar-refractivity contribution is 0.149. The SMILES string of the molecule is CNCCN1CCCC(CCO)C1. The van der Waals surface area contributed by atoms with Gasteiger partial charge in [-0.25, -0.2) is 0 Å². The summed E-state index contributed by atoms with van der Waals surface area (Å²) in [6.45, 7) is 5.00. The van der Waals surface area contributed by atoms with Crippen LogP contribution >= 0.6 is 0 Å². The molecule has 1 saturated heterocycles. The maximum atomic E-state index is 8.85. The quantitative estimate of drug-likeness (QED) is 0.648. The summed E-state index contributed by atoms with van der Waals surface area (Å²) in [6.07, 6.45) is 3.58. The van der Waals surface area contributed by atoms with Gasteiger partial charge in [-0.2, -0.15) is 0 Å². The van der Waals surface area contributed by atoms with Gasteiger partial charge in [0.05, 0.1) is 0 Å². The second-order valence-corrected chi connectivity index (χ2v) is 3.92. The highest BCUT2D eigenvalue weighted by Crippen LogP contribution is 2.18. The van der Waals surface area contributed by atoms with E-state index in [9.17, 15) is 0 Å². The average Bonchev–Trinajstić information content (AvgIpc) is 2.16. The van der Waals surface area contributed by atoms with Crippen LogP contribution in [0.2, 0.25) is 0 Å². The van der Waals surface area contributed by atoms with Crippen molar-refractivity contribution in [1.82, 2.24) is 10.2 Å². The minimum Gasteiger partial charge on any atom is -0.396 e. The first-order valence-electron chi connectivity index (χ1n) is 5.34. The Balaban J connectivity index is 2.16. The largest absolute Gasteiger partial charge is 0.396 e. The number of rotatable bonds is 5. The number of nitrogens with zero attached hydrogens (tertiary/aromatic N) is 1. The van der Waals surface area contributed by atoms with Crippen LogP contribution in [0.15, 0.2) is 0 Å². The number of nitrogens with one attached hydrogen (secondary N) is 1. The van der Waals surface area contributed by atoms with E-state index in [1.165, 1.54) is 25.9 Å². The van der Waals surface area contributed by atoms with Gasteiger partial charge >= 0.3 is 0 Å². The van der Waals surface area contributed by atoms with E-state index >= 15 is 0 Å². The molecule has 3 heteroatoms. The van der Waals surface area contributed by atoms with E-state index in [0.29, 0.717) is 6.61 Å². The molecule has 1 atom stereocenters. The minimum atomic E-state index is 0.352. The van der Waals surface area contributed by atoms with Gasteiger partial charge in [0.15, 0.2) is 0 Å². The van der Waals surface area contributed by atoms with Crippen molar-refractivity contribution in [2.75, 3.05) is 39.8 Å². The molecule has 1 unspecified atom stereocenters. The van der Waals surface area contributed by atoms with Crippen molar-refractivity contribution in [3.8, 4) is 0 Å². The first-order valence-corrected chi connectivity index (χ1v) is 5.34. The standard InChI is InChI=1S/C10H22N2O/c1-11-5-7-12-6-2-3-10(9-12)4-8-13/h10-11,13H,2-9H2,1H3. The van der Waals surface area contributed by atoms with Crippen molar-refractivity contribution in [2.45, 2.75) is 19.3 Å². The van der Waals surface area contributed by atoms with Crippen molar-refractivity contribution in [3.05, 3.63) is 0 Å². The van der Waals surface area contributed by atoms with E-state index in [0.717, 1.165) is 25.4 Å². The molecule has 0 aliphatic carbocycles. The Hall–Kier alpha value is -0.120. The molecular weight excluding hydrogens is 164 g/mol. The van der Waals surface area contributed by atoms with Crippen LogP contribution in [0.3, 0.4) is 0 Å². The van der Waals surface area contributed by atoms with Gasteiger partial charge in [-0.15, -0.1) is 0 Å². The second kappa shape index (κ2) is 6.35. The molecule has 1 fully saturated rings. The number of piperidine rings is 1. The third-order valence-electron chi connectivity index (χ3n) is 2.82. The monoisotopic (exact) mass is 186 g/mol. The summed E-state index contributed by atoms with van der Waals surface area (Å²) >= 11 is 0. The van der Waals surface area contributed by atoms with E-state index in [1.807, 2.05) is 7.05 Å². The van der Waals surface area contributed by atoms with Crippen LogP contribution in [0.25, 0.3) is 0 Å². The van der Waals surface area contributed by atoms with Crippen molar-refractivity contribution >= 4 is 0 Å². The zero-order chi connectivity index (χ0) is 9.52. The number of likely N-dealkylation sites (N-methyl/N-ethyl adjacent to an activating group) is 1. The fourth-order valence-electron chi connectivity index (χ4n) is 2.04. The lowest BCUT2D eigenvalue weighted by Gasteiger charge is -2.32. The van der Waals surface area contributed by atoms with Gasteiger partial charge in [-0.3, -0.25) is 0 Å². The van der Waals surface area contributed by atoms with Gasteiger partial charge < -0.3 is 15.3 Å². The fourth-order valence-corrected chi connectivity index (χ4v) is 2.04. The minimum absolute atomic E-state index is 0.352. The summed E-state index contributed by atoms with van der Waals surface area (Å²) in [6, 6.07) is 0. The molecule has 1 rings (SSSR count). The number of aliphatic hydroxyl groups is 1. The van der Waals surface area contributed by atoms with Gasteiger partial charge in [0.2, 0.25) is 0 Å². The van der Waals surface area contributed by atoms with Crippen LogP contribution in [0.4, 0.5) is 0 Å². The van der Waals surface area contributed by atoms with E-state index < -0.39 is 0 Å². The van der Waals surface area contributed by atoms with Crippen molar-refractivity contribution in [1.29, 1.82) is 0 Å². The maximum absolute atomic E-state index is 8.85. The van der Waals surface area contributed by atoms with Crippen LogP contribution in [0.1, 0.15) is 19.3 Å². The van der Waals surface area contributed by atoms with E-state index in [4.69, 9.17) is 5.11 Å². The summed E-state index contributed by atoms with van der Waals surface area (Å²) in [5.41, 5.74) is 0. The zero-order valence-electron chi connectivity index (χ0n) is 8.63. The summed E-state index contributed by atoms with van der Waals surface area (Å²) < 4.78 is 0. The summed E-state index contributed by atoms with van der Waals surface area (Å²) in [5.74, 6) is 0.732. The first-order chi connectivity index (χ1) is 6.36. The highest BCUT2D eigenvalue weighted by atomic mass is 16.3. The summed E-state index contributed by atoms with van der Waals surface area (Å²) in [5, 5.41) is 12.0. The molecular formula is C10H22N2O. The smallest absolute Gasteiger partial charge is 0.0434 e. The third kappa shape index (κ3) is 4.07. The lowest BCUT2D eigenvalue weighted by Crippen LogP contribution is -2.39. The van der Waals surface area contributed by atoms with Crippen LogP contribution in [0, 0.1) is 5.92 Å². The van der Waals surface area contributed by atoms with Crippen molar-refractivity contribution in [3.63, 3.8) is 0 Å². The normalized spacial score (nSPS) is 24.9. The Kier molecular flexibility index (Phi) is 5.35. The molecule has 0 spiro atoms. The second-order valence-electron chi connectivity index (χ2n) is 3.92. The number of likely N-dealkylation sites (tertiary alicyclic amines) is 1. The van der Waals surface area contributed by atoms with Gasteiger partial charge in [-0.1, -0.05) is 0 Å². The predicted molar refractivity (Wildman–Crippen MR) is 54.8 cm³/mol. The molecule has 1 heterocycles. The maximum Gasteiger partial charge on any atom is 0.0434 e. The number of aliphatic hydroxyl groups excluding tert-OH is 1. The van der Waals surface area contributed by atoms with Gasteiger partial charge in [0, 0.05) is 26.2 Å². The van der Waals surface area contributed by atoms with Crippen LogP contribution in [-0.4, -0.2) is 49.8 Å². The molecule has 78 valence electrons. The van der Waals surface area contributed by atoms with Crippen LogP contribution < -0.4 is 5.32 Å². The highest BCUT2D eigenvalue weighted by Gasteiger charge is 2.18. The van der Waals surface area contributed by atoms with Crippen LogP contribution in [0.5, 0.6) is 0 Å². The molecule has 2 N–H and O–H groups in total. The molecule has 1 aliphatic rings. The Bertz CT molecular complexity index is 128. The third-order valence-corrected chi connectivity index (χ3v) is 2.82. The molecule has 13 heavy (non-hydrogen) atoms. The van der Waals surface area contributed by atoms with E-state index in [2.05, 4.69) is 10.2 Å². The molecule has 0 radical (unpaired) electrons. The average molecular weight is 186 g/mol. The molecule has 0 aromatic heterocycles. The van der Waals surface area contributed by atoms with Gasteiger partial charge in [0.25, 0.3) is 0 Å². The Morgan fingerprint density at radius 2 is 2.38 bits per heavy atom. The Morgan fingerprint density at radius 3 is 3.08 bits per heavy atom. The molecule has 0 saturated carbocycles. The topological polar surface area (TPSA) is 35.5 Å². The van der Waals surface area contributed by atoms with Gasteiger partial charge in [-0.05, 0) is 38.8 Å².